The molecule has 1 heterocycles. The highest BCUT2D eigenvalue weighted by Gasteiger charge is 2.22. The minimum absolute atomic E-state index is 0.174. The van der Waals surface area contributed by atoms with Crippen molar-refractivity contribution in [2.24, 2.45) is 0 Å². The molecule has 1 aromatic heterocycles. The number of rotatable bonds is 4. The van der Waals surface area contributed by atoms with Gasteiger partial charge in [0.05, 0.1) is 12.0 Å². The first-order chi connectivity index (χ1) is 9.02. The number of benzene rings is 1. The Hall–Kier alpha value is -1.82. The molecule has 0 amide bonds. The molecule has 2 rings (SSSR count). The summed E-state index contributed by atoms with van der Waals surface area (Å²) in [6.45, 7) is 3.52. The van der Waals surface area contributed by atoms with Crippen molar-refractivity contribution in [3.8, 4) is 11.4 Å². The summed E-state index contributed by atoms with van der Waals surface area (Å²) in [5.41, 5.74) is 0.328. The van der Waals surface area contributed by atoms with Crippen LogP contribution < -0.4 is 0 Å². The third-order valence-electron chi connectivity index (χ3n) is 2.96. The molecule has 0 fully saturated rings. The lowest BCUT2D eigenvalue weighted by Gasteiger charge is -2.12. The van der Waals surface area contributed by atoms with Crippen LogP contribution in [0.4, 0.5) is 8.78 Å². The van der Waals surface area contributed by atoms with E-state index < -0.39 is 17.7 Å². The van der Waals surface area contributed by atoms with Gasteiger partial charge < -0.3 is 9.63 Å². The molecule has 4 nitrogen and oxygen atoms in total. The zero-order valence-corrected chi connectivity index (χ0v) is 10.6. The zero-order chi connectivity index (χ0) is 14.0. The molecule has 1 aromatic carbocycles. The van der Waals surface area contributed by atoms with E-state index in [1.54, 1.807) is 6.92 Å². The predicted octanol–water partition coefficient (Wildman–Crippen LogP) is 2.89. The highest BCUT2D eigenvalue weighted by molar-refractivity contribution is 5.54. The maximum Gasteiger partial charge on any atom is 0.232 e. The number of hydrogen-bond acceptors (Lipinski definition) is 4. The molecule has 2 aromatic rings. The van der Waals surface area contributed by atoms with Gasteiger partial charge in [-0.3, -0.25) is 0 Å². The average molecular weight is 268 g/mol. The van der Waals surface area contributed by atoms with E-state index in [9.17, 15) is 13.9 Å². The van der Waals surface area contributed by atoms with Gasteiger partial charge in [0.1, 0.15) is 0 Å². The summed E-state index contributed by atoms with van der Waals surface area (Å²) in [6.07, 6.45) is 0.0140. The summed E-state index contributed by atoms with van der Waals surface area (Å²) >= 11 is 0. The predicted molar refractivity (Wildman–Crippen MR) is 64.4 cm³/mol. The summed E-state index contributed by atoms with van der Waals surface area (Å²) in [4.78, 5) is 4.12. The third kappa shape index (κ3) is 2.78. The lowest BCUT2D eigenvalue weighted by molar-refractivity contribution is 0.141. The molecule has 102 valence electrons. The van der Waals surface area contributed by atoms with Crippen molar-refractivity contribution in [3.05, 3.63) is 35.7 Å². The number of aliphatic hydroxyl groups excluding tert-OH is 1. The molecule has 19 heavy (non-hydrogen) atoms. The standard InChI is InChI=1S/C13H14F2N2O2/c1-3-9(7(2)18)13-16-12(17-19-13)8-4-5-10(14)11(15)6-8/h4-7,9,18H,3H2,1-2H3. The molecule has 0 saturated heterocycles. The lowest BCUT2D eigenvalue weighted by atomic mass is 10.0. The summed E-state index contributed by atoms with van der Waals surface area (Å²) in [5.74, 6) is -1.70. The fourth-order valence-corrected chi connectivity index (χ4v) is 1.86. The van der Waals surface area contributed by atoms with Gasteiger partial charge in [0.15, 0.2) is 11.6 Å². The lowest BCUT2D eigenvalue weighted by Crippen LogP contribution is -2.13. The van der Waals surface area contributed by atoms with Gasteiger partial charge in [-0.05, 0) is 31.5 Å². The first-order valence-electron chi connectivity index (χ1n) is 6.00. The third-order valence-corrected chi connectivity index (χ3v) is 2.96. The van der Waals surface area contributed by atoms with Crippen molar-refractivity contribution in [1.29, 1.82) is 0 Å². The largest absolute Gasteiger partial charge is 0.393 e. The van der Waals surface area contributed by atoms with E-state index in [0.29, 0.717) is 12.0 Å². The molecule has 2 atom stereocenters. The molecule has 0 aliphatic rings. The van der Waals surface area contributed by atoms with Crippen LogP contribution in [0.2, 0.25) is 0 Å². The fraction of sp³-hybridized carbons (Fsp3) is 0.385. The highest BCUT2D eigenvalue weighted by atomic mass is 19.2. The Morgan fingerprint density at radius 1 is 1.32 bits per heavy atom. The van der Waals surface area contributed by atoms with Gasteiger partial charge in [0.2, 0.25) is 11.7 Å². The van der Waals surface area contributed by atoms with E-state index in [1.165, 1.54) is 6.07 Å². The van der Waals surface area contributed by atoms with Crippen molar-refractivity contribution >= 4 is 0 Å². The first kappa shape index (κ1) is 13.6. The smallest absolute Gasteiger partial charge is 0.232 e. The second-order valence-electron chi connectivity index (χ2n) is 4.34. The van der Waals surface area contributed by atoms with Gasteiger partial charge in [0.25, 0.3) is 0 Å². The number of nitrogens with zero attached hydrogens (tertiary/aromatic N) is 2. The van der Waals surface area contributed by atoms with Crippen LogP contribution in [0.1, 0.15) is 32.1 Å². The van der Waals surface area contributed by atoms with Crippen LogP contribution in [0.25, 0.3) is 11.4 Å². The topological polar surface area (TPSA) is 59.2 Å². The Morgan fingerprint density at radius 2 is 2.05 bits per heavy atom. The monoisotopic (exact) mass is 268 g/mol. The van der Waals surface area contributed by atoms with Gasteiger partial charge in [-0.15, -0.1) is 0 Å². The number of hydrogen-bond donors (Lipinski definition) is 1. The van der Waals surface area contributed by atoms with Gasteiger partial charge in [0, 0.05) is 5.56 Å². The summed E-state index contributed by atoms with van der Waals surface area (Å²) < 4.78 is 31.0. The SMILES string of the molecule is CCC(c1nc(-c2ccc(F)c(F)c2)no1)C(C)O. The highest BCUT2D eigenvalue weighted by Crippen LogP contribution is 2.25. The van der Waals surface area contributed by atoms with Crippen LogP contribution in [0.3, 0.4) is 0 Å². The van der Waals surface area contributed by atoms with Gasteiger partial charge in [-0.2, -0.15) is 4.98 Å². The maximum atomic E-state index is 13.1. The molecular formula is C13H14F2N2O2. The van der Waals surface area contributed by atoms with E-state index in [4.69, 9.17) is 4.52 Å². The molecule has 0 saturated carbocycles. The zero-order valence-electron chi connectivity index (χ0n) is 10.6. The molecule has 6 heteroatoms. The molecule has 2 unspecified atom stereocenters. The minimum atomic E-state index is -0.966. The minimum Gasteiger partial charge on any atom is -0.393 e. The Morgan fingerprint density at radius 3 is 2.63 bits per heavy atom. The molecule has 0 aliphatic carbocycles. The Bertz CT molecular complexity index is 570. The summed E-state index contributed by atoms with van der Waals surface area (Å²) in [7, 11) is 0. The maximum absolute atomic E-state index is 13.1. The van der Waals surface area contributed by atoms with Crippen LogP contribution in [0, 0.1) is 11.6 Å². The molecule has 0 aliphatic heterocycles. The van der Waals surface area contributed by atoms with E-state index in [-0.39, 0.29) is 17.6 Å². The first-order valence-corrected chi connectivity index (χ1v) is 6.00. The van der Waals surface area contributed by atoms with Crippen LogP contribution in [-0.4, -0.2) is 21.4 Å². The number of aromatic nitrogens is 2. The molecule has 0 radical (unpaired) electrons. The van der Waals surface area contributed by atoms with Gasteiger partial charge >= 0.3 is 0 Å². The molecule has 1 N–H and O–H groups in total. The van der Waals surface area contributed by atoms with Crippen LogP contribution in [-0.2, 0) is 0 Å². The van der Waals surface area contributed by atoms with E-state index >= 15 is 0 Å². The average Bonchev–Trinajstić information content (AvgIpc) is 2.82. The Kier molecular flexibility index (Phi) is 3.90. The summed E-state index contributed by atoms with van der Waals surface area (Å²) in [5, 5.41) is 13.3. The van der Waals surface area contributed by atoms with Crippen molar-refractivity contribution in [2.75, 3.05) is 0 Å². The van der Waals surface area contributed by atoms with Crippen molar-refractivity contribution < 1.29 is 18.4 Å². The number of halogens is 2. The fourth-order valence-electron chi connectivity index (χ4n) is 1.86. The van der Waals surface area contributed by atoms with E-state index in [2.05, 4.69) is 10.1 Å². The Balaban J connectivity index is 2.32. The number of aliphatic hydroxyl groups is 1. The summed E-state index contributed by atoms with van der Waals surface area (Å²) in [6, 6.07) is 3.39. The van der Waals surface area contributed by atoms with Crippen molar-refractivity contribution in [2.45, 2.75) is 32.3 Å². The van der Waals surface area contributed by atoms with Crippen LogP contribution in [0.5, 0.6) is 0 Å². The van der Waals surface area contributed by atoms with Crippen molar-refractivity contribution in [3.63, 3.8) is 0 Å². The molecular weight excluding hydrogens is 254 g/mol. The van der Waals surface area contributed by atoms with E-state index in [0.717, 1.165) is 12.1 Å². The quantitative estimate of drug-likeness (QED) is 0.926. The van der Waals surface area contributed by atoms with Gasteiger partial charge in [-0.1, -0.05) is 12.1 Å². The normalized spacial score (nSPS) is 14.4. The van der Waals surface area contributed by atoms with Crippen LogP contribution >= 0.6 is 0 Å². The second kappa shape index (κ2) is 5.44. The van der Waals surface area contributed by atoms with Crippen molar-refractivity contribution in [1.82, 2.24) is 10.1 Å². The van der Waals surface area contributed by atoms with Crippen LogP contribution in [0.15, 0.2) is 22.7 Å². The van der Waals surface area contributed by atoms with E-state index in [1.807, 2.05) is 6.92 Å². The second-order valence-corrected chi connectivity index (χ2v) is 4.34. The Labute approximate surface area is 109 Å². The molecule has 0 bridgehead atoms. The van der Waals surface area contributed by atoms with Gasteiger partial charge in [-0.25, -0.2) is 8.78 Å². The molecule has 0 spiro atoms.